The topological polar surface area (TPSA) is 92.9 Å². The molecule has 2 amide bonds. The highest BCUT2D eigenvalue weighted by molar-refractivity contribution is 6.12. The molecule has 2 aliphatic rings. The number of nitriles is 1. The van der Waals surface area contributed by atoms with Crippen LogP contribution in [-0.4, -0.2) is 65.0 Å². The van der Waals surface area contributed by atoms with Gasteiger partial charge in [-0.3, -0.25) is 14.5 Å². The van der Waals surface area contributed by atoms with Crippen molar-refractivity contribution in [2.24, 2.45) is 5.10 Å². The summed E-state index contributed by atoms with van der Waals surface area (Å²) in [6, 6.07) is 10.9. The van der Waals surface area contributed by atoms with Gasteiger partial charge < -0.3 is 4.90 Å². The zero-order valence-corrected chi connectivity index (χ0v) is 18.5. The minimum absolute atomic E-state index is 0.0466. The van der Waals surface area contributed by atoms with Gasteiger partial charge in [0.25, 0.3) is 11.8 Å². The molecule has 1 aromatic heterocycles. The minimum atomic E-state index is -0.526. The van der Waals surface area contributed by atoms with Gasteiger partial charge in [0.15, 0.2) is 5.82 Å². The standard InChI is InChI=1S/C24H26N6O2/c1-4-28-9-10-29(17(3)15-28)23(31)19-6-8-22(26-13-19)30-24(32)21(14-27-30)20-7-5-18(12-25)11-16(20)2/h5-8,11,13-14,17,21H,4,9-10,15H2,1-3H3. The van der Waals surface area contributed by atoms with Crippen molar-refractivity contribution in [3.05, 3.63) is 58.8 Å². The molecule has 0 saturated carbocycles. The monoisotopic (exact) mass is 430 g/mol. The highest BCUT2D eigenvalue weighted by Crippen LogP contribution is 2.28. The first kappa shape index (κ1) is 21.7. The maximum atomic E-state index is 13.0. The molecule has 2 aromatic rings. The molecule has 2 aliphatic heterocycles. The van der Waals surface area contributed by atoms with E-state index in [9.17, 15) is 9.59 Å². The molecule has 0 spiro atoms. The van der Waals surface area contributed by atoms with Gasteiger partial charge in [-0.05, 0) is 55.8 Å². The lowest BCUT2D eigenvalue weighted by atomic mass is 9.94. The zero-order chi connectivity index (χ0) is 22.8. The van der Waals surface area contributed by atoms with Crippen LogP contribution < -0.4 is 5.01 Å². The Morgan fingerprint density at radius 2 is 2.06 bits per heavy atom. The van der Waals surface area contributed by atoms with Gasteiger partial charge >= 0.3 is 0 Å². The van der Waals surface area contributed by atoms with Crippen LogP contribution in [0.1, 0.15) is 46.8 Å². The van der Waals surface area contributed by atoms with E-state index >= 15 is 0 Å². The Morgan fingerprint density at radius 3 is 2.69 bits per heavy atom. The lowest BCUT2D eigenvalue weighted by Gasteiger charge is -2.39. The van der Waals surface area contributed by atoms with Gasteiger partial charge in [-0.2, -0.15) is 15.4 Å². The summed E-state index contributed by atoms with van der Waals surface area (Å²) in [6.07, 6.45) is 3.10. The van der Waals surface area contributed by atoms with E-state index in [-0.39, 0.29) is 17.9 Å². The summed E-state index contributed by atoms with van der Waals surface area (Å²) >= 11 is 0. The first-order valence-corrected chi connectivity index (χ1v) is 10.8. The Kier molecular flexibility index (Phi) is 6.01. The van der Waals surface area contributed by atoms with E-state index in [1.807, 2.05) is 11.8 Å². The van der Waals surface area contributed by atoms with Crippen molar-refractivity contribution in [1.82, 2.24) is 14.8 Å². The molecule has 2 atom stereocenters. The number of aryl methyl sites for hydroxylation is 1. The summed E-state index contributed by atoms with van der Waals surface area (Å²) in [7, 11) is 0. The van der Waals surface area contributed by atoms with Crippen LogP contribution >= 0.6 is 0 Å². The number of hydrazone groups is 1. The second-order valence-electron chi connectivity index (χ2n) is 8.22. The Balaban J connectivity index is 1.47. The third kappa shape index (κ3) is 3.99. The van der Waals surface area contributed by atoms with Crippen molar-refractivity contribution in [1.29, 1.82) is 5.26 Å². The summed E-state index contributed by atoms with van der Waals surface area (Å²) < 4.78 is 0. The van der Waals surface area contributed by atoms with Gasteiger partial charge in [0, 0.05) is 38.1 Å². The predicted octanol–water partition coefficient (Wildman–Crippen LogP) is 2.54. The van der Waals surface area contributed by atoms with E-state index < -0.39 is 5.92 Å². The van der Waals surface area contributed by atoms with Crippen LogP contribution in [0, 0.1) is 18.3 Å². The SMILES string of the molecule is CCN1CCN(C(=O)c2ccc(N3N=CC(c4ccc(C#N)cc4C)C3=O)nc2)C(C)C1. The second kappa shape index (κ2) is 8.89. The fourth-order valence-corrected chi connectivity index (χ4v) is 4.29. The average Bonchev–Trinajstić information content (AvgIpc) is 3.19. The summed E-state index contributed by atoms with van der Waals surface area (Å²) in [5.74, 6) is -0.412. The number of hydrogen-bond acceptors (Lipinski definition) is 6. The molecule has 32 heavy (non-hydrogen) atoms. The maximum absolute atomic E-state index is 13.0. The van der Waals surface area contributed by atoms with E-state index in [4.69, 9.17) is 5.26 Å². The van der Waals surface area contributed by atoms with Crippen LogP contribution in [0.15, 0.2) is 41.6 Å². The number of amides is 2. The molecule has 2 unspecified atom stereocenters. The van der Waals surface area contributed by atoms with Gasteiger partial charge in [-0.1, -0.05) is 13.0 Å². The van der Waals surface area contributed by atoms with E-state index in [0.717, 1.165) is 30.8 Å². The van der Waals surface area contributed by atoms with Crippen LogP contribution in [-0.2, 0) is 4.79 Å². The number of carbonyl (C=O) groups is 2. The van der Waals surface area contributed by atoms with Gasteiger partial charge in [0.1, 0.15) is 5.92 Å². The summed E-state index contributed by atoms with van der Waals surface area (Å²) in [4.78, 5) is 34.5. The third-order valence-electron chi connectivity index (χ3n) is 6.17. The van der Waals surface area contributed by atoms with Crippen molar-refractivity contribution < 1.29 is 9.59 Å². The van der Waals surface area contributed by atoms with Crippen molar-refractivity contribution in [3.63, 3.8) is 0 Å². The second-order valence-corrected chi connectivity index (χ2v) is 8.22. The van der Waals surface area contributed by atoms with E-state index in [1.54, 1.807) is 36.5 Å². The first-order chi connectivity index (χ1) is 15.4. The van der Waals surface area contributed by atoms with Crippen LogP contribution in [0.3, 0.4) is 0 Å². The number of hydrogen-bond donors (Lipinski definition) is 0. The number of rotatable bonds is 4. The number of nitrogens with zero attached hydrogens (tertiary/aromatic N) is 6. The molecule has 0 bridgehead atoms. The third-order valence-corrected chi connectivity index (χ3v) is 6.17. The Morgan fingerprint density at radius 1 is 1.25 bits per heavy atom. The number of pyridine rings is 1. The van der Waals surface area contributed by atoms with Gasteiger partial charge in [-0.15, -0.1) is 0 Å². The maximum Gasteiger partial charge on any atom is 0.261 e. The summed E-state index contributed by atoms with van der Waals surface area (Å²) in [5.41, 5.74) is 2.73. The normalized spacial score (nSPS) is 21.1. The number of benzene rings is 1. The van der Waals surface area contributed by atoms with Crippen LogP contribution in [0.5, 0.6) is 0 Å². The highest BCUT2D eigenvalue weighted by Gasteiger charge is 2.33. The lowest BCUT2D eigenvalue weighted by Crippen LogP contribution is -2.53. The molecule has 0 radical (unpaired) electrons. The van der Waals surface area contributed by atoms with Crippen molar-refractivity contribution in [3.8, 4) is 6.07 Å². The molecule has 0 aliphatic carbocycles. The number of likely N-dealkylation sites (N-methyl/N-ethyl adjacent to an activating group) is 1. The van der Waals surface area contributed by atoms with E-state index in [0.29, 0.717) is 23.5 Å². The quantitative estimate of drug-likeness (QED) is 0.743. The Labute approximate surface area is 187 Å². The minimum Gasteiger partial charge on any atom is -0.333 e. The fourth-order valence-electron chi connectivity index (χ4n) is 4.29. The predicted molar refractivity (Wildman–Crippen MR) is 121 cm³/mol. The molecule has 3 heterocycles. The Bertz CT molecular complexity index is 1100. The molecule has 164 valence electrons. The molecule has 1 aromatic carbocycles. The fraction of sp³-hybridized carbons (Fsp3) is 0.375. The van der Waals surface area contributed by atoms with Crippen molar-refractivity contribution in [2.75, 3.05) is 31.2 Å². The smallest absolute Gasteiger partial charge is 0.261 e. The first-order valence-electron chi connectivity index (χ1n) is 10.8. The molecular formula is C24H26N6O2. The molecule has 8 nitrogen and oxygen atoms in total. The van der Waals surface area contributed by atoms with Crippen molar-refractivity contribution >= 4 is 23.8 Å². The molecular weight excluding hydrogens is 404 g/mol. The molecule has 1 saturated heterocycles. The van der Waals surface area contributed by atoms with Crippen LogP contribution in [0.25, 0.3) is 0 Å². The largest absolute Gasteiger partial charge is 0.333 e. The molecule has 4 rings (SSSR count). The highest BCUT2D eigenvalue weighted by atomic mass is 16.2. The average molecular weight is 431 g/mol. The molecule has 1 fully saturated rings. The van der Waals surface area contributed by atoms with Crippen LogP contribution in [0.2, 0.25) is 0 Å². The van der Waals surface area contributed by atoms with E-state index in [2.05, 4.69) is 34.9 Å². The van der Waals surface area contributed by atoms with Gasteiger partial charge in [-0.25, -0.2) is 4.98 Å². The van der Waals surface area contributed by atoms with Crippen molar-refractivity contribution in [2.45, 2.75) is 32.7 Å². The van der Waals surface area contributed by atoms with E-state index in [1.165, 1.54) is 11.2 Å². The molecule has 8 heteroatoms. The summed E-state index contributed by atoms with van der Waals surface area (Å²) in [6.45, 7) is 9.46. The molecule has 0 N–H and O–H groups in total. The zero-order valence-electron chi connectivity index (χ0n) is 18.5. The number of anilines is 1. The lowest BCUT2D eigenvalue weighted by molar-refractivity contribution is -0.118. The number of carbonyl (C=O) groups excluding carboxylic acids is 2. The summed E-state index contributed by atoms with van der Waals surface area (Å²) in [5, 5.41) is 14.6. The van der Waals surface area contributed by atoms with Gasteiger partial charge in [0.05, 0.1) is 17.2 Å². The van der Waals surface area contributed by atoms with Gasteiger partial charge in [0.2, 0.25) is 0 Å². The number of piperazine rings is 1. The number of aromatic nitrogens is 1. The Hall–Kier alpha value is -3.57. The van der Waals surface area contributed by atoms with Crippen LogP contribution in [0.4, 0.5) is 5.82 Å².